The van der Waals surface area contributed by atoms with Crippen LogP contribution in [0.15, 0.2) is 12.3 Å². The van der Waals surface area contributed by atoms with E-state index < -0.39 is 0 Å². The zero-order valence-corrected chi connectivity index (χ0v) is 8.52. The summed E-state index contributed by atoms with van der Waals surface area (Å²) < 4.78 is 0. The summed E-state index contributed by atoms with van der Waals surface area (Å²) in [7, 11) is 0. The van der Waals surface area contributed by atoms with Crippen LogP contribution in [-0.4, -0.2) is 11.5 Å². The molecule has 0 saturated heterocycles. The van der Waals surface area contributed by atoms with Crippen LogP contribution in [0, 0.1) is 0 Å². The summed E-state index contributed by atoms with van der Waals surface area (Å²) in [5.41, 5.74) is 3.99. The fourth-order valence-corrected chi connectivity index (χ4v) is 1.61. The second-order valence-corrected chi connectivity index (χ2v) is 4.65. The van der Waals surface area contributed by atoms with Gasteiger partial charge < -0.3 is 5.32 Å². The molecule has 1 aromatic rings. The molecule has 0 radical (unpaired) electrons. The molecule has 2 heteroatoms. The van der Waals surface area contributed by atoms with E-state index in [-0.39, 0.29) is 5.41 Å². The molecule has 1 aliphatic rings. The van der Waals surface area contributed by atoms with Gasteiger partial charge in [-0.25, -0.2) is 0 Å². The summed E-state index contributed by atoms with van der Waals surface area (Å²) in [4.78, 5) is 4.46. The highest BCUT2D eigenvalue weighted by atomic mass is 14.9. The number of fused-ring (bicyclic) bond motifs is 1. The third-order valence-electron chi connectivity index (χ3n) is 2.47. The number of nitrogens with zero attached hydrogens (tertiary/aromatic N) is 1. The van der Waals surface area contributed by atoms with E-state index in [1.807, 2.05) is 6.20 Å². The van der Waals surface area contributed by atoms with Crippen LogP contribution in [0.2, 0.25) is 0 Å². The van der Waals surface area contributed by atoms with Gasteiger partial charge in [0.05, 0.1) is 11.9 Å². The van der Waals surface area contributed by atoms with Crippen LogP contribution in [0.3, 0.4) is 0 Å². The van der Waals surface area contributed by atoms with E-state index in [1.165, 1.54) is 16.9 Å². The summed E-state index contributed by atoms with van der Waals surface area (Å²) in [5.74, 6) is 0. The van der Waals surface area contributed by atoms with Gasteiger partial charge in [0.15, 0.2) is 0 Å². The highest BCUT2D eigenvalue weighted by Gasteiger charge is 2.18. The minimum Gasteiger partial charge on any atom is -0.383 e. The van der Waals surface area contributed by atoms with Crippen LogP contribution in [0.1, 0.15) is 32.0 Å². The lowest BCUT2D eigenvalue weighted by Gasteiger charge is -2.18. The van der Waals surface area contributed by atoms with Crippen LogP contribution in [-0.2, 0) is 11.8 Å². The molecule has 0 atom stereocenters. The van der Waals surface area contributed by atoms with Crippen molar-refractivity contribution in [3.63, 3.8) is 0 Å². The number of hydrogen-bond donors (Lipinski definition) is 1. The molecule has 0 saturated carbocycles. The zero-order chi connectivity index (χ0) is 9.47. The first-order valence-corrected chi connectivity index (χ1v) is 4.80. The van der Waals surface area contributed by atoms with Crippen LogP contribution < -0.4 is 5.32 Å². The quantitative estimate of drug-likeness (QED) is 0.656. The Kier molecular flexibility index (Phi) is 1.79. The van der Waals surface area contributed by atoms with E-state index in [2.05, 4.69) is 37.1 Å². The summed E-state index contributed by atoms with van der Waals surface area (Å²) in [6.07, 6.45) is 3.10. The summed E-state index contributed by atoms with van der Waals surface area (Å²) in [6.45, 7) is 7.66. The smallest absolute Gasteiger partial charge is 0.0560 e. The van der Waals surface area contributed by atoms with E-state index in [0.717, 1.165) is 13.0 Å². The first kappa shape index (κ1) is 8.54. The van der Waals surface area contributed by atoms with Crippen LogP contribution in [0.5, 0.6) is 0 Å². The zero-order valence-electron chi connectivity index (χ0n) is 8.52. The van der Waals surface area contributed by atoms with Crippen molar-refractivity contribution in [2.24, 2.45) is 0 Å². The van der Waals surface area contributed by atoms with Gasteiger partial charge in [0.1, 0.15) is 0 Å². The van der Waals surface area contributed by atoms with Gasteiger partial charge in [0.25, 0.3) is 0 Å². The van der Waals surface area contributed by atoms with Gasteiger partial charge in [-0.2, -0.15) is 0 Å². The number of nitrogens with one attached hydrogen (secondary N) is 1. The van der Waals surface area contributed by atoms with Crippen molar-refractivity contribution in [2.45, 2.75) is 32.6 Å². The van der Waals surface area contributed by atoms with Gasteiger partial charge in [0, 0.05) is 17.7 Å². The number of hydrogen-bond acceptors (Lipinski definition) is 2. The Morgan fingerprint density at radius 3 is 2.85 bits per heavy atom. The molecule has 0 aromatic carbocycles. The van der Waals surface area contributed by atoms with Crippen molar-refractivity contribution in [1.82, 2.24) is 4.98 Å². The van der Waals surface area contributed by atoms with Crippen molar-refractivity contribution < 1.29 is 0 Å². The van der Waals surface area contributed by atoms with E-state index in [1.54, 1.807) is 0 Å². The molecule has 1 aromatic heterocycles. The molecule has 70 valence electrons. The molecular weight excluding hydrogens is 160 g/mol. The molecule has 0 fully saturated rings. The molecule has 1 aliphatic heterocycles. The highest BCUT2D eigenvalue weighted by Crippen LogP contribution is 2.26. The van der Waals surface area contributed by atoms with Gasteiger partial charge in [0.2, 0.25) is 0 Å². The Morgan fingerprint density at radius 1 is 1.38 bits per heavy atom. The normalized spacial score (nSPS) is 15.3. The Hall–Kier alpha value is -1.05. The Morgan fingerprint density at radius 2 is 2.15 bits per heavy atom. The molecule has 0 unspecified atom stereocenters. The Labute approximate surface area is 79.4 Å². The average molecular weight is 176 g/mol. The lowest BCUT2D eigenvalue weighted by molar-refractivity contribution is 0.568. The lowest BCUT2D eigenvalue weighted by atomic mass is 9.90. The van der Waals surface area contributed by atoms with Crippen molar-refractivity contribution >= 4 is 5.69 Å². The molecule has 0 amide bonds. The van der Waals surface area contributed by atoms with E-state index >= 15 is 0 Å². The van der Waals surface area contributed by atoms with Gasteiger partial charge in [-0.3, -0.25) is 4.98 Å². The second-order valence-electron chi connectivity index (χ2n) is 4.65. The second kappa shape index (κ2) is 2.72. The third-order valence-corrected chi connectivity index (χ3v) is 2.47. The number of anilines is 1. The number of rotatable bonds is 0. The Bertz CT molecular complexity index is 323. The molecule has 0 aliphatic carbocycles. The van der Waals surface area contributed by atoms with E-state index in [0.29, 0.717) is 0 Å². The predicted molar refractivity (Wildman–Crippen MR) is 55.1 cm³/mol. The molecule has 2 rings (SSSR count). The first-order chi connectivity index (χ1) is 6.07. The summed E-state index contributed by atoms with van der Waals surface area (Å²) in [5, 5.41) is 3.32. The average Bonchev–Trinajstić information content (AvgIpc) is 2.47. The number of aromatic nitrogens is 1. The molecule has 1 N–H and O–H groups in total. The Balaban J connectivity index is 2.42. The first-order valence-electron chi connectivity index (χ1n) is 4.80. The van der Waals surface area contributed by atoms with E-state index in [4.69, 9.17) is 0 Å². The van der Waals surface area contributed by atoms with Crippen molar-refractivity contribution in [2.75, 3.05) is 11.9 Å². The summed E-state index contributed by atoms with van der Waals surface area (Å²) in [6, 6.07) is 2.23. The maximum absolute atomic E-state index is 4.46. The maximum atomic E-state index is 4.46. The topological polar surface area (TPSA) is 24.9 Å². The lowest BCUT2D eigenvalue weighted by Crippen LogP contribution is -2.13. The summed E-state index contributed by atoms with van der Waals surface area (Å²) >= 11 is 0. The van der Waals surface area contributed by atoms with Gasteiger partial charge in [-0.15, -0.1) is 0 Å². The molecule has 2 heterocycles. The molecular formula is C11H16N2. The van der Waals surface area contributed by atoms with E-state index in [9.17, 15) is 0 Å². The monoisotopic (exact) mass is 176 g/mol. The van der Waals surface area contributed by atoms with Crippen LogP contribution in [0.4, 0.5) is 5.69 Å². The maximum Gasteiger partial charge on any atom is 0.0560 e. The van der Waals surface area contributed by atoms with Gasteiger partial charge in [-0.05, 0) is 18.1 Å². The molecule has 0 spiro atoms. The minimum absolute atomic E-state index is 0.164. The fraction of sp³-hybridized carbons (Fsp3) is 0.545. The predicted octanol–water partition coefficient (Wildman–Crippen LogP) is 2.35. The van der Waals surface area contributed by atoms with Crippen molar-refractivity contribution in [3.8, 4) is 0 Å². The minimum atomic E-state index is 0.164. The van der Waals surface area contributed by atoms with Gasteiger partial charge >= 0.3 is 0 Å². The third kappa shape index (κ3) is 1.53. The number of pyridine rings is 1. The molecule has 13 heavy (non-hydrogen) atoms. The standard InChI is InChI=1S/C11H16N2/c1-11(2,3)10-6-8-4-5-12-9(8)7-13-10/h6-7,12H,4-5H2,1-3H3. The molecule has 2 nitrogen and oxygen atoms in total. The van der Waals surface area contributed by atoms with Crippen molar-refractivity contribution in [1.29, 1.82) is 0 Å². The molecule has 0 bridgehead atoms. The van der Waals surface area contributed by atoms with Crippen molar-refractivity contribution in [3.05, 3.63) is 23.5 Å². The fourth-order valence-electron chi connectivity index (χ4n) is 1.61. The SMILES string of the molecule is CC(C)(C)c1cc2c(cn1)NCC2. The largest absolute Gasteiger partial charge is 0.383 e. The highest BCUT2D eigenvalue weighted by molar-refractivity contribution is 5.54. The van der Waals surface area contributed by atoms with Crippen LogP contribution in [0.25, 0.3) is 0 Å². The van der Waals surface area contributed by atoms with Crippen LogP contribution >= 0.6 is 0 Å². The van der Waals surface area contributed by atoms with Gasteiger partial charge in [-0.1, -0.05) is 20.8 Å².